The summed E-state index contributed by atoms with van der Waals surface area (Å²) in [5, 5.41) is 10.5. The molecule has 1 atom stereocenters. The van der Waals surface area contributed by atoms with E-state index in [4.69, 9.17) is 0 Å². The molecule has 0 spiro atoms. The van der Waals surface area contributed by atoms with Crippen LogP contribution in [0, 0.1) is 17.2 Å². The number of nitriles is 1. The molecule has 148 valence electrons. The van der Waals surface area contributed by atoms with Crippen molar-refractivity contribution in [1.29, 1.82) is 5.26 Å². The highest BCUT2D eigenvalue weighted by atomic mass is 19.4. The van der Waals surface area contributed by atoms with E-state index < -0.39 is 23.5 Å². The van der Waals surface area contributed by atoms with Gasteiger partial charge < -0.3 is 9.55 Å². The van der Waals surface area contributed by atoms with E-state index >= 15 is 0 Å². The molecule has 1 aliphatic rings. The van der Waals surface area contributed by atoms with E-state index in [-0.39, 0.29) is 28.8 Å². The molecule has 29 heavy (non-hydrogen) atoms. The number of alkyl halides is 3. The first kappa shape index (κ1) is 17.9. The van der Waals surface area contributed by atoms with Crippen LogP contribution in [0.3, 0.4) is 0 Å². The first-order chi connectivity index (χ1) is 13.9. The van der Waals surface area contributed by atoms with E-state index in [2.05, 4.69) is 15.0 Å². The number of hydrogen-bond donors (Lipinski definition) is 1. The molecule has 1 unspecified atom stereocenters. The molecule has 1 N–H and O–H groups in total. The van der Waals surface area contributed by atoms with E-state index in [0.717, 1.165) is 30.3 Å². The van der Waals surface area contributed by atoms with Crippen LogP contribution in [-0.4, -0.2) is 19.5 Å². The topological polar surface area (TPSA) is 87.4 Å². The number of pyridine rings is 1. The Morgan fingerprint density at radius 1 is 1.31 bits per heavy atom. The predicted octanol–water partition coefficient (Wildman–Crippen LogP) is 4.53. The van der Waals surface area contributed by atoms with Crippen molar-refractivity contribution in [3.63, 3.8) is 0 Å². The molecule has 0 bridgehead atoms. The summed E-state index contributed by atoms with van der Waals surface area (Å²) in [6.07, 6.45) is 1.40. The Hall–Kier alpha value is -3.15. The summed E-state index contributed by atoms with van der Waals surface area (Å²) in [5.74, 6) is -1.20. The number of fused-ring (bicyclic) bond motifs is 2. The standard InChI is InChI=1S/C20H16F3N5O/c21-20(22,23)19-27-15-11-6-8-25-18-14(11)12(9-26-18)17(29)16(15)28(19)13(5-7-24)10-3-1-2-4-10/h6,8-10,13H,1-5H2,(H,25,26). The number of rotatable bonds is 3. The van der Waals surface area contributed by atoms with Crippen molar-refractivity contribution < 1.29 is 13.2 Å². The fraction of sp³-hybridized carbons (Fsp3) is 0.400. The Labute approximate surface area is 162 Å². The van der Waals surface area contributed by atoms with Crippen molar-refractivity contribution in [2.75, 3.05) is 0 Å². The smallest absolute Gasteiger partial charge is 0.346 e. The van der Waals surface area contributed by atoms with Gasteiger partial charge in [-0.25, -0.2) is 9.97 Å². The lowest BCUT2D eigenvalue weighted by Crippen LogP contribution is -2.25. The van der Waals surface area contributed by atoms with Crippen LogP contribution >= 0.6 is 0 Å². The maximum absolute atomic E-state index is 14.0. The summed E-state index contributed by atoms with van der Waals surface area (Å²) in [7, 11) is 0. The van der Waals surface area contributed by atoms with Gasteiger partial charge in [0.2, 0.25) is 11.3 Å². The molecule has 0 amide bonds. The number of imidazole rings is 1. The van der Waals surface area contributed by atoms with Crippen LogP contribution in [0.4, 0.5) is 13.2 Å². The molecule has 3 heterocycles. The van der Waals surface area contributed by atoms with Crippen molar-refractivity contribution >= 4 is 32.8 Å². The van der Waals surface area contributed by atoms with Gasteiger partial charge in [0.25, 0.3) is 0 Å². The number of nitrogens with zero attached hydrogens (tertiary/aromatic N) is 4. The van der Waals surface area contributed by atoms with Crippen LogP contribution < -0.4 is 5.43 Å². The minimum absolute atomic E-state index is 0.0164. The van der Waals surface area contributed by atoms with Crippen LogP contribution in [0.25, 0.3) is 32.8 Å². The van der Waals surface area contributed by atoms with Crippen molar-refractivity contribution in [3.8, 4) is 6.07 Å². The van der Waals surface area contributed by atoms with Gasteiger partial charge in [-0.3, -0.25) is 4.79 Å². The number of nitrogens with one attached hydrogen (secondary N) is 1. The molecule has 4 aromatic rings. The fourth-order valence-electron chi connectivity index (χ4n) is 4.82. The molecule has 1 aromatic carbocycles. The summed E-state index contributed by atoms with van der Waals surface area (Å²) >= 11 is 0. The highest BCUT2D eigenvalue weighted by molar-refractivity contribution is 6.18. The van der Waals surface area contributed by atoms with Crippen LogP contribution in [0.2, 0.25) is 0 Å². The second-order valence-electron chi connectivity index (χ2n) is 7.59. The van der Waals surface area contributed by atoms with Gasteiger partial charge in [0, 0.05) is 23.2 Å². The number of hydrogen-bond acceptors (Lipinski definition) is 4. The Balaban J connectivity index is 1.94. The van der Waals surface area contributed by atoms with Crippen molar-refractivity contribution in [2.24, 2.45) is 5.92 Å². The molecule has 1 fully saturated rings. The summed E-state index contributed by atoms with van der Waals surface area (Å²) in [6.45, 7) is 0. The third-order valence-corrected chi connectivity index (χ3v) is 6.02. The second-order valence-corrected chi connectivity index (χ2v) is 7.59. The van der Waals surface area contributed by atoms with E-state index in [0.29, 0.717) is 16.4 Å². The predicted molar refractivity (Wildman–Crippen MR) is 101 cm³/mol. The van der Waals surface area contributed by atoms with Gasteiger partial charge in [-0.1, -0.05) is 12.8 Å². The maximum atomic E-state index is 14.0. The molecule has 3 aromatic heterocycles. The van der Waals surface area contributed by atoms with E-state index in [1.807, 2.05) is 6.07 Å². The molecule has 0 saturated heterocycles. The number of H-pyrrole nitrogens is 1. The zero-order valence-corrected chi connectivity index (χ0v) is 15.3. The zero-order valence-electron chi connectivity index (χ0n) is 15.3. The lowest BCUT2D eigenvalue weighted by molar-refractivity contribution is -0.148. The summed E-state index contributed by atoms with van der Waals surface area (Å²) < 4.78 is 43.0. The average molecular weight is 399 g/mol. The lowest BCUT2D eigenvalue weighted by Gasteiger charge is -2.25. The minimum atomic E-state index is -4.74. The van der Waals surface area contributed by atoms with Gasteiger partial charge in [-0.2, -0.15) is 18.4 Å². The van der Waals surface area contributed by atoms with Gasteiger partial charge >= 0.3 is 6.18 Å². The first-order valence-corrected chi connectivity index (χ1v) is 9.49. The minimum Gasteiger partial charge on any atom is -0.346 e. The van der Waals surface area contributed by atoms with Gasteiger partial charge in [0.1, 0.15) is 16.7 Å². The lowest BCUT2D eigenvalue weighted by atomic mass is 9.95. The molecule has 1 aliphatic carbocycles. The first-order valence-electron chi connectivity index (χ1n) is 9.49. The molecule has 9 heteroatoms. The monoisotopic (exact) mass is 399 g/mol. The largest absolute Gasteiger partial charge is 0.449 e. The molecular weight excluding hydrogens is 383 g/mol. The zero-order chi connectivity index (χ0) is 20.3. The average Bonchev–Trinajstić information content (AvgIpc) is 3.42. The fourth-order valence-corrected chi connectivity index (χ4v) is 4.82. The van der Waals surface area contributed by atoms with Crippen molar-refractivity contribution in [2.45, 2.75) is 44.3 Å². The third-order valence-electron chi connectivity index (χ3n) is 6.02. The highest BCUT2D eigenvalue weighted by Gasteiger charge is 2.42. The second kappa shape index (κ2) is 6.17. The van der Waals surface area contributed by atoms with Gasteiger partial charge in [0.15, 0.2) is 0 Å². The Morgan fingerprint density at radius 3 is 2.76 bits per heavy atom. The van der Waals surface area contributed by atoms with Gasteiger partial charge in [-0.05, 0) is 24.8 Å². The van der Waals surface area contributed by atoms with Gasteiger partial charge in [0.05, 0.1) is 23.9 Å². The van der Waals surface area contributed by atoms with Crippen LogP contribution in [0.15, 0.2) is 23.3 Å². The van der Waals surface area contributed by atoms with E-state index in [9.17, 15) is 23.2 Å². The summed E-state index contributed by atoms with van der Waals surface area (Å²) in [4.78, 5) is 24.3. The normalized spacial score (nSPS) is 16.9. The van der Waals surface area contributed by atoms with Crippen LogP contribution in [-0.2, 0) is 6.18 Å². The molecule has 0 aliphatic heterocycles. The molecule has 1 saturated carbocycles. The highest BCUT2D eigenvalue weighted by Crippen LogP contribution is 2.42. The Morgan fingerprint density at radius 2 is 2.07 bits per heavy atom. The Bertz CT molecular complexity index is 1320. The quantitative estimate of drug-likeness (QED) is 0.548. The molecule has 5 rings (SSSR count). The number of benzene rings is 1. The summed E-state index contributed by atoms with van der Waals surface area (Å²) in [6, 6.07) is 2.90. The van der Waals surface area contributed by atoms with Crippen molar-refractivity contribution in [1.82, 2.24) is 19.5 Å². The van der Waals surface area contributed by atoms with Crippen molar-refractivity contribution in [3.05, 3.63) is 34.5 Å². The summed E-state index contributed by atoms with van der Waals surface area (Å²) in [5.41, 5.74) is -0.164. The molecule has 0 radical (unpaired) electrons. The Kier molecular flexibility index (Phi) is 3.81. The molecular formula is C20H16F3N5O. The van der Waals surface area contributed by atoms with Crippen LogP contribution in [0.1, 0.15) is 44.0 Å². The number of aromatic amines is 1. The molecule has 6 nitrogen and oxygen atoms in total. The number of halogens is 3. The third kappa shape index (κ3) is 2.51. The number of aromatic nitrogens is 4. The maximum Gasteiger partial charge on any atom is 0.449 e. The van der Waals surface area contributed by atoms with Crippen LogP contribution in [0.5, 0.6) is 0 Å². The van der Waals surface area contributed by atoms with Gasteiger partial charge in [-0.15, -0.1) is 0 Å². The SMILES string of the molecule is N#CCC(C1CCCC1)n1c(C(F)(F)F)nc2c3cc[nH]c4ncc(c(=O)c21)c43. The van der Waals surface area contributed by atoms with E-state index in [1.54, 1.807) is 12.3 Å². The van der Waals surface area contributed by atoms with E-state index in [1.165, 1.54) is 6.20 Å².